The molecule has 8 nitrogen and oxygen atoms in total. The Morgan fingerprint density at radius 2 is 2.10 bits per heavy atom. The Labute approximate surface area is 174 Å². The van der Waals surface area contributed by atoms with Crippen molar-refractivity contribution in [3.63, 3.8) is 0 Å². The second kappa shape index (κ2) is 11.2. The Bertz CT molecular complexity index is 687. The molecule has 0 spiro atoms. The molecule has 1 aromatic rings. The number of piperidine rings is 1. The van der Waals surface area contributed by atoms with Crippen LogP contribution in [-0.2, 0) is 28.9 Å². The van der Waals surface area contributed by atoms with Gasteiger partial charge in [-0.25, -0.2) is 0 Å². The fourth-order valence-electron chi connectivity index (χ4n) is 4.20. The molecule has 0 amide bonds. The number of aryl methyl sites for hydroxylation is 2. The van der Waals surface area contributed by atoms with Crippen molar-refractivity contribution in [3.05, 3.63) is 11.6 Å². The number of hydrogen-bond acceptors (Lipinski definition) is 5. The molecule has 0 radical (unpaired) electrons. The van der Waals surface area contributed by atoms with Crippen molar-refractivity contribution in [2.45, 2.75) is 71.8 Å². The van der Waals surface area contributed by atoms with E-state index in [0.717, 1.165) is 75.9 Å². The first-order chi connectivity index (χ1) is 14.2. The number of likely N-dealkylation sites (tertiary alicyclic amines) is 1. The van der Waals surface area contributed by atoms with Gasteiger partial charge in [0.25, 0.3) is 0 Å². The largest absolute Gasteiger partial charge is 0.466 e. The molecule has 1 aromatic heterocycles. The molecule has 3 rings (SSSR count). The Morgan fingerprint density at radius 1 is 1.21 bits per heavy atom. The van der Waals surface area contributed by atoms with Gasteiger partial charge in [-0.2, -0.15) is 0 Å². The second-order valence-corrected chi connectivity index (χ2v) is 7.87. The Hall–Kier alpha value is -2.12. The van der Waals surface area contributed by atoms with E-state index in [0.29, 0.717) is 13.2 Å². The fraction of sp³-hybridized carbons (Fsp3) is 0.810. The number of nitrogens with one attached hydrogen (secondary N) is 1. The number of ether oxygens (including phenoxy) is 1. The molecule has 1 fully saturated rings. The summed E-state index contributed by atoms with van der Waals surface area (Å²) in [6.45, 7) is 8.60. The minimum absolute atomic E-state index is 0.0565. The van der Waals surface area contributed by atoms with E-state index in [1.807, 2.05) is 6.92 Å². The molecule has 0 bridgehead atoms. The summed E-state index contributed by atoms with van der Waals surface area (Å²) in [6, 6.07) is 0. The lowest BCUT2D eigenvalue weighted by atomic mass is 9.98. The zero-order valence-corrected chi connectivity index (χ0v) is 18.0. The molecule has 2 aliphatic heterocycles. The van der Waals surface area contributed by atoms with E-state index >= 15 is 0 Å². The molecule has 0 aromatic carbocycles. The number of rotatable bonds is 7. The van der Waals surface area contributed by atoms with E-state index < -0.39 is 0 Å². The molecule has 162 valence electrons. The molecule has 1 unspecified atom stereocenters. The molecule has 0 aliphatic carbocycles. The number of aliphatic imine (C=N–C) groups is 1. The number of carbonyl (C=O) groups excluding carboxylic acids is 1. The van der Waals surface area contributed by atoms with Crippen molar-refractivity contribution in [2.24, 2.45) is 10.9 Å². The number of esters is 1. The molecule has 0 saturated carbocycles. The van der Waals surface area contributed by atoms with E-state index in [9.17, 15) is 4.79 Å². The van der Waals surface area contributed by atoms with Gasteiger partial charge in [-0.15, -0.1) is 10.2 Å². The van der Waals surface area contributed by atoms with Crippen LogP contribution >= 0.6 is 0 Å². The molecule has 1 N–H and O–H groups in total. The van der Waals surface area contributed by atoms with Crippen molar-refractivity contribution in [1.29, 1.82) is 0 Å². The van der Waals surface area contributed by atoms with Crippen LogP contribution < -0.4 is 5.32 Å². The van der Waals surface area contributed by atoms with Crippen LogP contribution in [0.15, 0.2) is 4.99 Å². The molecular formula is C21H36N6O2. The lowest BCUT2D eigenvalue weighted by Crippen LogP contribution is -2.48. The van der Waals surface area contributed by atoms with Crippen molar-refractivity contribution in [2.75, 3.05) is 32.8 Å². The van der Waals surface area contributed by atoms with Crippen molar-refractivity contribution >= 4 is 11.9 Å². The van der Waals surface area contributed by atoms with Gasteiger partial charge in [0.15, 0.2) is 5.96 Å². The molecule has 3 heterocycles. The molecule has 1 saturated heterocycles. The molecule has 29 heavy (non-hydrogen) atoms. The number of hydrogen-bond donors (Lipinski definition) is 1. The highest BCUT2D eigenvalue weighted by Gasteiger charge is 2.28. The van der Waals surface area contributed by atoms with Crippen LogP contribution in [-0.4, -0.2) is 64.4 Å². The predicted molar refractivity (Wildman–Crippen MR) is 113 cm³/mol. The van der Waals surface area contributed by atoms with Crippen LogP contribution in [0.25, 0.3) is 0 Å². The van der Waals surface area contributed by atoms with Crippen LogP contribution in [0.4, 0.5) is 0 Å². The number of nitrogens with zero attached hydrogens (tertiary/aromatic N) is 5. The van der Waals surface area contributed by atoms with Gasteiger partial charge in [0.2, 0.25) is 0 Å². The minimum atomic E-state index is -0.0828. The Balaban J connectivity index is 1.54. The first-order valence-electron chi connectivity index (χ1n) is 11.3. The SMILES string of the molecule is CCNC(=NCCCc1nnc2n1CCCCC2)N1CCCC(C(=O)OCC)C1. The highest BCUT2D eigenvalue weighted by atomic mass is 16.5. The number of aromatic nitrogens is 3. The van der Waals surface area contributed by atoms with Crippen molar-refractivity contribution < 1.29 is 9.53 Å². The Kier molecular flexibility index (Phi) is 8.31. The van der Waals surface area contributed by atoms with E-state index in [4.69, 9.17) is 9.73 Å². The normalized spacial score (nSPS) is 20.1. The minimum Gasteiger partial charge on any atom is -0.466 e. The van der Waals surface area contributed by atoms with E-state index in [-0.39, 0.29) is 11.9 Å². The van der Waals surface area contributed by atoms with Gasteiger partial charge < -0.3 is 19.5 Å². The third-order valence-electron chi connectivity index (χ3n) is 5.68. The standard InChI is InChI=1S/C21H36N6O2/c1-3-22-21(26-14-9-10-17(16-26)20(28)29-4-2)23-13-8-12-19-25-24-18-11-6-5-7-15-27(18)19/h17H,3-16H2,1-2H3,(H,22,23). The van der Waals surface area contributed by atoms with Crippen LogP contribution in [0.1, 0.15) is 64.0 Å². The summed E-state index contributed by atoms with van der Waals surface area (Å²) in [4.78, 5) is 19.2. The highest BCUT2D eigenvalue weighted by Crippen LogP contribution is 2.18. The summed E-state index contributed by atoms with van der Waals surface area (Å²) < 4.78 is 7.54. The number of fused-ring (bicyclic) bond motifs is 1. The third kappa shape index (κ3) is 5.93. The summed E-state index contributed by atoms with van der Waals surface area (Å²) in [5.74, 6) is 3.01. The summed E-state index contributed by atoms with van der Waals surface area (Å²) >= 11 is 0. The van der Waals surface area contributed by atoms with Crippen LogP contribution in [0.5, 0.6) is 0 Å². The maximum Gasteiger partial charge on any atom is 0.310 e. The van der Waals surface area contributed by atoms with Gasteiger partial charge in [-0.3, -0.25) is 9.79 Å². The quantitative estimate of drug-likeness (QED) is 0.325. The van der Waals surface area contributed by atoms with Crippen molar-refractivity contribution in [3.8, 4) is 0 Å². The molecular weight excluding hydrogens is 368 g/mol. The fourth-order valence-corrected chi connectivity index (χ4v) is 4.20. The topological polar surface area (TPSA) is 84.6 Å². The van der Waals surface area contributed by atoms with Crippen LogP contribution in [0.3, 0.4) is 0 Å². The summed E-state index contributed by atoms with van der Waals surface area (Å²) in [5, 5.41) is 12.2. The van der Waals surface area contributed by atoms with Crippen molar-refractivity contribution in [1.82, 2.24) is 25.0 Å². The average molecular weight is 405 g/mol. The van der Waals surface area contributed by atoms with Crippen LogP contribution in [0, 0.1) is 5.92 Å². The first kappa shape index (κ1) is 21.6. The molecule has 2 aliphatic rings. The lowest BCUT2D eigenvalue weighted by Gasteiger charge is -2.34. The van der Waals surface area contributed by atoms with Gasteiger partial charge in [-0.1, -0.05) is 6.42 Å². The maximum absolute atomic E-state index is 12.1. The highest BCUT2D eigenvalue weighted by molar-refractivity contribution is 5.81. The van der Waals surface area contributed by atoms with Gasteiger partial charge >= 0.3 is 5.97 Å². The van der Waals surface area contributed by atoms with E-state index in [1.165, 1.54) is 19.3 Å². The number of guanidine groups is 1. The summed E-state index contributed by atoms with van der Waals surface area (Å²) in [7, 11) is 0. The predicted octanol–water partition coefficient (Wildman–Crippen LogP) is 2.18. The maximum atomic E-state index is 12.1. The summed E-state index contributed by atoms with van der Waals surface area (Å²) in [5.41, 5.74) is 0. The monoisotopic (exact) mass is 404 g/mol. The van der Waals surface area contributed by atoms with Gasteiger partial charge in [0.05, 0.1) is 12.5 Å². The first-order valence-corrected chi connectivity index (χ1v) is 11.3. The zero-order chi connectivity index (χ0) is 20.5. The Morgan fingerprint density at radius 3 is 2.93 bits per heavy atom. The van der Waals surface area contributed by atoms with Gasteiger partial charge in [0, 0.05) is 45.6 Å². The van der Waals surface area contributed by atoms with E-state index in [1.54, 1.807) is 0 Å². The third-order valence-corrected chi connectivity index (χ3v) is 5.68. The smallest absolute Gasteiger partial charge is 0.310 e. The summed E-state index contributed by atoms with van der Waals surface area (Å²) in [6.07, 6.45) is 8.50. The molecule has 1 atom stereocenters. The zero-order valence-electron chi connectivity index (χ0n) is 18.0. The van der Waals surface area contributed by atoms with Gasteiger partial charge in [-0.05, 0) is 46.0 Å². The van der Waals surface area contributed by atoms with Crippen LogP contribution in [0.2, 0.25) is 0 Å². The molecule has 8 heteroatoms. The average Bonchev–Trinajstić information content (AvgIpc) is 2.96. The van der Waals surface area contributed by atoms with Gasteiger partial charge in [0.1, 0.15) is 11.6 Å². The lowest BCUT2D eigenvalue weighted by molar-refractivity contribution is -0.149. The van der Waals surface area contributed by atoms with E-state index in [2.05, 4.69) is 31.9 Å². The second-order valence-electron chi connectivity index (χ2n) is 7.87. The number of carbonyl (C=O) groups is 1.